The molecule has 0 spiro atoms. The van der Waals surface area contributed by atoms with Crippen molar-refractivity contribution in [1.29, 1.82) is 0 Å². The maximum Gasteiger partial charge on any atom is 0.266 e. The zero-order valence-electron chi connectivity index (χ0n) is 13.9. The lowest BCUT2D eigenvalue weighted by molar-refractivity contribution is -0.120. The zero-order chi connectivity index (χ0) is 17.6. The number of aromatic nitrogens is 2. The minimum absolute atomic E-state index is 0.0620. The monoisotopic (exact) mass is 353 g/mol. The molecule has 3 aromatic rings. The van der Waals surface area contributed by atoms with E-state index < -0.39 is 0 Å². The number of hydrogen-bond donors (Lipinski definition) is 1. The molecule has 1 N–H and O–H groups in total. The van der Waals surface area contributed by atoms with Gasteiger partial charge in [-0.3, -0.25) is 9.59 Å². The van der Waals surface area contributed by atoms with E-state index in [1.807, 2.05) is 48.7 Å². The Labute approximate surface area is 150 Å². The van der Waals surface area contributed by atoms with Crippen LogP contribution in [0.2, 0.25) is 0 Å². The fourth-order valence-corrected chi connectivity index (χ4v) is 3.23. The Balaban J connectivity index is 1.57. The molecule has 128 valence electrons. The van der Waals surface area contributed by atoms with Crippen molar-refractivity contribution in [3.8, 4) is 10.6 Å². The van der Waals surface area contributed by atoms with Gasteiger partial charge in [0.1, 0.15) is 5.69 Å². The lowest BCUT2D eigenvalue weighted by Gasteiger charge is -2.08. The maximum atomic E-state index is 12.0. The number of carbonyl (C=O) groups is 1. The average Bonchev–Trinajstić information content (AvgIpc) is 3.11. The van der Waals surface area contributed by atoms with Crippen molar-refractivity contribution in [2.45, 2.75) is 19.9 Å². The second-order valence-corrected chi connectivity index (χ2v) is 6.72. The largest absolute Gasteiger partial charge is 0.354 e. The number of nitrogens with one attached hydrogen (secondary N) is 1. The van der Waals surface area contributed by atoms with Gasteiger partial charge in [-0.15, -0.1) is 11.3 Å². The van der Waals surface area contributed by atoms with Crippen molar-refractivity contribution in [3.63, 3.8) is 0 Å². The summed E-state index contributed by atoms with van der Waals surface area (Å²) in [5.74, 6) is -0.0620. The minimum Gasteiger partial charge on any atom is -0.354 e. The molecular weight excluding hydrogens is 334 g/mol. The first kappa shape index (κ1) is 17.1. The Morgan fingerprint density at radius 2 is 2.08 bits per heavy atom. The highest BCUT2D eigenvalue weighted by atomic mass is 32.1. The van der Waals surface area contributed by atoms with E-state index in [0.717, 1.165) is 21.7 Å². The minimum atomic E-state index is -0.173. The van der Waals surface area contributed by atoms with Crippen LogP contribution in [0.15, 0.2) is 58.7 Å². The van der Waals surface area contributed by atoms with E-state index in [0.29, 0.717) is 19.5 Å². The summed E-state index contributed by atoms with van der Waals surface area (Å²) in [7, 11) is 0. The first-order valence-corrected chi connectivity index (χ1v) is 8.94. The molecule has 0 unspecified atom stereocenters. The molecule has 6 heteroatoms. The Kier molecular flexibility index (Phi) is 5.40. The lowest BCUT2D eigenvalue weighted by Crippen LogP contribution is -2.32. The molecule has 0 saturated carbocycles. The van der Waals surface area contributed by atoms with E-state index in [1.54, 1.807) is 17.4 Å². The molecule has 5 nitrogen and oxygen atoms in total. The van der Waals surface area contributed by atoms with Gasteiger partial charge in [-0.25, -0.2) is 4.68 Å². The summed E-state index contributed by atoms with van der Waals surface area (Å²) in [6, 6.07) is 15.0. The van der Waals surface area contributed by atoms with Gasteiger partial charge in [-0.1, -0.05) is 35.9 Å². The zero-order valence-corrected chi connectivity index (χ0v) is 14.8. The standard InChI is InChI=1S/C19H19N3O2S/c1-14-4-2-5-15(12-14)13-18(23)20-9-10-22-19(24)8-7-16(21-22)17-6-3-11-25-17/h2-8,11-12H,9-10,13H2,1H3,(H,20,23). The molecule has 2 aromatic heterocycles. The van der Waals surface area contributed by atoms with E-state index in [-0.39, 0.29) is 11.5 Å². The van der Waals surface area contributed by atoms with Crippen molar-refractivity contribution in [3.05, 3.63) is 75.4 Å². The van der Waals surface area contributed by atoms with Gasteiger partial charge in [0.15, 0.2) is 0 Å². The number of amides is 1. The average molecular weight is 353 g/mol. The van der Waals surface area contributed by atoms with Gasteiger partial charge >= 0.3 is 0 Å². The summed E-state index contributed by atoms with van der Waals surface area (Å²) >= 11 is 1.57. The third-order valence-corrected chi connectivity index (χ3v) is 4.63. The number of rotatable bonds is 6. The van der Waals surface area contributed by atoms with E-state index in [1.165, 1.54) is 10.7 Å². The second kappa shape index (κ2) is 7.90. The van der Waals surface area contributed by atoms with Crippen LogP contribution in [0.3, 0.4) is 0 Å². The molecule has 0 radical (unpaired) electrons. The number of aryl methyl sites for hydroxylation is 1. The number of carbonyl (C=O) groups excluding carboxylic acids is 1. The fraction of sp³-hybridized carbons (Fsp3) is 0.211. The number of nitrogens with zero attached hydrogens (tertiary/aromatic N) is 2. The van der Waals surface area contributed by atoms with Crippen molar-refractivity contribution in [2.24, 2.45) is 0 Å². The van der Waals surface area contributed by atoms with Gasteiger partial charge in [0, 0.05) is 12.6 Å². The van der Waals surface area contributed by atoms with E-state index >= 15 is 0 Å². The Morgan fingerprint density at radius 3 is 2.84 bits per heavy atom. The van der Waals surface area contributed by atoms with Crippen molar-refractivity contribution >= 4 is 17.2 Å². The number of hydrogen-bond acceptors (Lipinski definition) is 4. The third kappa shape index (κ3) is 4.64. The van der Waals surface area contributed by atoms with Crippen LogP contribution in [0.4, 0.5) is 0 Å². The lowest BCUT2D eigenvalue weighted by atomic mass is 10.1. The van der Waals surface area contributed by atoms with Crippen molar-refractivity contribution in [1.82, 2.24) is 15.1 Å². The normalized spacial score (nSPS) is 10.6. The van der Waals surface area contributed by atoms with Crippen LogP contribution >= 0.6 is 11.3 Å². The van der Waals surface area contributed by atoms with E-state index in [4.69, 9.17) is 0 Å². The van der Waals surface area contributed by atoms with Gasteiger partial charge in [0.05, 0.1) is 17.8 Å². The molecule has 2 heterocycles. The predicted molar refractivity (Wildman–Crippen MR) is 99.7 cm³/mol. The number of benzene rings is 1. The molecule has 1 aromatic carbocycles. The maximum absolute atomic E-state index is 12.0. The van der Waals surface area contributed by atoms with Gasteiger partial charge in [-0.2, -0.15) is 5.10 Å². The number of thiophene rings is 1. The van der Waals surface area contributed by atoms with Crippen LogP contribution in [0, 0.1) is 6.92 Å². The van der Waals surface area contributed by atoms with Crippen LogP contribution < -0.4 is 10.9 Å². The van der Waals surface area contributed by atoms with Crippen molar-refractivity contribution in [2.75, 3.05) is 6.54 Å². The molecule has 1 amide bonds. The summed E-state index contributed by atoms with van der Waals surface area (Å²) in [5, 5.41) is 9.19. The molecule has 0 fully saturated rings. The van der Waals surface area contributed by atoms with Crippen LogP contribution in [-0.4, -0.2) is 22.2 Å². The Hall–Kier alpha value is -2.73. The highest BCUT2D eigenvalue weighted by molar-refractivity contribution is 7.13. The third-order valence-electron chi connectivity index (χ3n) is 3.73. The van der Waals surface area contributed by atoms with Crippen LogP contribution in [0.5, 0.6) is 0 Å². The van der Waals surface area contributed by atoms with Gasteiger partial charge < -0.3 is 5.32 Å². The van der Waals surface area contributed by atoms with Crippen molar-refractivity contribution < 1.29 is 4.79 Å². The SMILES string of the molecule is Cc1cccc(CC(=O)NCCn2nc(-c3cccs3)ccc2=O)c1. The highest BCUT2D eigenvalue weighted by Crippen LogP contribution is 2.20. The summed E-state index contributed by atoms with van der Waals surface area (Å²) < 4.78 is 1.39. The Morgan fingerprint density at radius 1 is 1.20 bits per heavy atom. The molecular formula is C19H19N3O2S. The van der Waals surface area contributed by atoms with E-state index in [2.05, 4.69) is 10.4 Å². The molecule has 0 aliphatic carbocycles. The quantitative estimate of drug-likeness (QED) is 0.741. The predicted octanol–water partition coefficient (Wildman–Crippen LogP) is 2.64. The summed E-state index contributed by atoms with van der Waals surface area (Å²) in [5.41, 5.74) is 2.70. The first-order chi connectivity index (χ1) is 12.1. The Bertz CT molecular complexity index is 916. The van der Waals surface area contributed by atoms with Crippen LogP contribution in [0.25, 0.3) is 10.6 Å². The molecule has 0 bridgehead atoms. The first-order valence-electron chi connectivity index (χ1n) is 8.06. The topological polar surface area (TPSA) is 64.0 Å². The summed E-state index contributed by atoms with van der Waals surface area (Å²) in [4.78, 5) is 25.0. The molecule has 0 aliphatic heterocycles. The molecule has 0 aliphatic rings. The van der Waals surface area contributed by atoms with E-state index in [9.17, 15) is 9.59 Å². The van der Waals surface area contributed by atoms with Gasteiger partial charge in [-0.05, 0) is 30.0 Å². The fourth-order valence-electron chi connectivity index (χ4n) is 2.54. The summed E-state index contributed by atoms with van der Waals surface area (Å²) in [6.45, 7) is 2.71. The highest BCUT2D eigenvalue weighted by Gasteiger charge is 2.06. The van der Waals surface area contributed by atoms with Gasteiger partial charge in [0.25, 0.3) is 5.56 Å². The van der Waals surface area contributed by atoms with Crippen LogP contribution in [-0.2, 0) is 17.8 Å². The van der Waals surface area contributed by atoms with Gasteiger partial charge in [0.2, 0.25) is 5.91 Å². The molecule has 0 saturated heterocycles. The molecule has 25 heavy (non-hydrogen) atoms. The second-order valence-electron chi connectivity index (χ2n) is 5.77. The molecule has 3 rings (SSSR count). The molecule has 0 atom stereocenters. The van der Waals surface area contributed by atoms with Crippen LogP contribution in [0.1, 0.15) is 11.1 Å². The smallest absolute Gasteiger partial charge is 0.266 e. The summed E-state index contributed by atoms with van der Waals surface area (Å²) in [6.07, 6.45) is 0.333.